The first-order valence-corrected chi connectivity index (χ1v) is 9.03. The van der Waals surface area contributed by atoms with Gasteiger partial charge in [0.05, 0.1) is 29.1 Å². The van der Waals surface area contributed by atoms with E-state index in [-0.39, 0.29) is 22.7 Å². The van der Waals surface area contributed by atoms with Crippen LogP contribution in [0.1, 0.15) is 62.3 Å². The number of hydrogen-bond acceptors (Lipinski definition) is 7. The van der Waals surface area contributed by atoms with E-state index in [0.29, 0.717) is 17.2 Å². The third-order valence-corrected chi connectivity index (χ3v) is 3.69. The van der Waals surface area contributed by atoms with E-state index < -0.39 is 23.3 Å². The molecule has 1 N–H and O–H groups in total. The molecule has 158 valence electrons. The molecule has 1 amide bonds. The van der Waals surface area contributed by atoms with Gasteiger partial charge in [-0.3, -0.25) is 14.8 Å². The molecule has 0 aliphatic heterocycles. The number of esters is 1. The standard InChI is InChI=1S/C20H27N3O6/c1-19(2,3)28-17(25)11-9-13-14(15(27-8)12(11)10-24)16(22-23(13)7)21-18(26)29-20(4,5)6/h9-10H,1-8H3,(H,21,22,26). The number of hydrogen-bond donors (Lipinski definition) is 1. The summed E-state index contributed by atoms with van der Waals surface area (Å²) in [6.07, 6.45) is -0.190. The zero-order valence-corrected chi connectivity index (χ0v) is 18.0. The molecule has 2 aromatic rings. The summed E-state index contributed by atoms with van der Waals surface area (Å²) in [4.78, 5) is 36.7. The first kappa shape index (κ1) is 22.2. The van der Waals surface area contributed by atoms with Crippen molar-refractivity contribution in [3.8, 4) is 5.75 Å². The number of benzene rings is 1. The summed E-state index contributed by atoms with van der Waals surface area (Å²) in [5, 5.41) is 7.22. The van der Waals surface area contributed by atoms with E-state index in [9.17, 15) is 14.4 Å². The molecule has 0 unspecified atom stereocenters. The van der Waals surface area contributed by atoms with Crippen LogP contribution in [0, 0.1) is 0 Å². The number of anilines is 1. The van der Waals surface area contributed by atoms with Crippen LogP contribution >= 0.6 is 0 Å². The van der Waals surface area contributed by atoms with Gasteiger partial charge in [-0.2, -0.15) is 5.10 Å². The lowest BCUT2D eigenvalue weighted by atomic mass is 10.0. The quantitative estimate of drug-likeness (QED) is 0.610. The van der Waals surface area contributed by atoms with E-state index in [4.69, 9.17) is 14.2 Å². The Morgan fingerprint density at radius 3 is 2.17 bits per heavy atom. The predicted molar refractivity (Wildman–Crippen MR) is 108 cm³/mol. The zero-order valence-electron chi connectivity index (χ0n) is 18.0. The summed E-state index contributed by atoms with van der Waals surface area (Å²) in [5.74, 6) is -0.410. The Balaban J connectivity index is 2.64. The number of aryl methyl sites for hydroxylation is 1. The highest BCUT2D eigenvalue weighted by molar-refractivity contribution is 6.10. The minimum absolute atomic E-state index is 0.00879. The van der Waals surface area contributed by atoms with Crippen molar-refractivity contribution in [2.45, 2.75) is 52.7 Å². The number of aromatic nitrogens is 2. The monoisotopic (exact) mass is 405 g/mol. The second kappa shape index (κ2) is 7.73. The molecule has 1 aromatic carbocycles. The smallest absolute Gasteiger partial charge is 0.413 e. The SMILES string of the molecule is COc1c(C=O)c(C(=O)OC(C)(C)C)cc2c1c(NC(=O)OC(C)(C)C)nn2C. The van der Waals surface area contributed by atoms with E-state index in [0.717, 1.165) is 0 Å². The number of amides is 1. The molecule has 0 saturated heterocycles. The molecule has 0 aliphatic carbocycles. The zero-order chi connectivity index (χ0) is 22.1. The Morgan fingerprint density at radius 2 is 1.69 bits per heavy atom. The summed E-state index contributed by atoms with van der Waals surface area (Å²) in [6, 6.07) is 1.49. The topological polar surface area (TPSA) is 109 Å². The highest BCUT2D eigenvalue weighted by Gasteiger charge is 2.28. The normalized spacial score (nSPS) is 11.9. The maximum absolute atomic E-state index is 12.6. The van der Waals surface area contributed by atoms with Crippen LogP contribution in [0.5, 0.6) is 5.75 Å². The molecular formula is C20H27N3O6. The lowest BCUT2D eigenvalue weighted by Gasteiger charge is -2.21. The van der Waals surface area contributed by atoms with Gasteiger partial charge in [0.1, 0.15) is 17.0 Å². The van der Waals surface area contributed by atoms with Gasteiger partial charge in [-0.1, -0.05) is 0 Å². The molecule has 0 fully saturated rings. The van der Waals surface area contributed by atoms with E-state index in [1.54, 1.807) is 48.6 Å². The van der Waals surface area contributed by atoms with Crippen molar-refractivity contribution in [3.63, 3.8) is 0 Å². The van der Waals surface area contributed by atoms with Gasteiger partial charge in [-0.25, -0.2) is 9.59 Å². The van der Waals surface area contributed by atoms with Gasteiger partial charge in [-0.15, -0.1) is 0 Å². The maximum atomic E-state index is 12.6. The van der Waals surface area contributed by atoms with Crippen LogP contribution in [0.25, 0.3) is 10.9 Å². The van der Waals surface area contributed by atoms with Crippen LogP contribution in [0.4, 0.5) is 10.6 Å². The van der Waals surface area contributed by atoms with Crippen LogP contribution in [-0.2, 0) is 16.5 Å². The Morgan fingerprint density at radius 1 is 1.10 bits per heavy atom. The molecular weight excluding hydrogens is 378 g/mol. The van der Waals surface area contributed by atoms with Crippen LogP contribution in [0.2, 0.25) is 0 Å². The van der Waals surface area contributed by atoms with Crippen LogP contribution in [-0.4, -0.2) is 46.4 Å². The lowest BCUT2D eigenvalue weighted by molar-refractivity contribution is 0.00677. The van der Waals surface area contributed by atoms with Gasteiger partial charge in [0.25, 0.3) is 0 Å². The molecule has 0 aliphatic rings. The van der Waals surface area contributed by atoms with Crippen molar-refractivity contribution in [3.05, 3.63) is 17.2 Å². The Hall–Kier alpha value is -3.10. The van der Waals surface area contributed by atoms with E-state index in [1.807, 2.05) is 0 Å². The van der Waals surface area contributed by atoms with E-state index >= 15 is 0 Å². The average molecular weight is 405 g/mol. The lowest BCUT2D eigenvalue weighted by Crippen LogP contribution is -2.27. The molecule has 0 atom stereocenters. The number of carbonyl (C=O) groups excluding carboxylic acids is 3. The van der Waals surface area contributed by atoms with Crippen molar-refractivity contribution < 1.29 is 28.6 Å². The molecule has 1 heterocycles. The Labute approximate surface area is 169 Å². The summed E-state index contributed by atoms with van der Waals surface area (Å²) < 4.78 is 17.6. The van der Waals surface area contributed by atoms with Gasteiger partial charge in [0.2, 0.25) is 0 Å². The van der Waals surface area contributed by atoms with Crippen molar-refractivity contribution in [1.29, 1.82) is 0 Å². The summed E-state index contributed by atoms with van der Waals surface area (Å²) >= 11 is 0. The molecule has 0 radical (unpaired) electrons. The fraction of sp³-hybridized carbons (Fsp3) is 0.500. The molecule has 1 aromatic heterocycles. The van der Waals surface area contributed by atoms with Crippen molar-refractivity contribution in [2.75, 3.05) is 12.4 Å². The minimum atomic E-state index is -0.741. The number of carbonyl (C=O) groups is 3. The fourth-order valence-corrected chi connectivity index (χ4v) is 2.72. The molecule has 29 heavy (non-hydrogen) atoms. The third-order valence-electron chi connectivity index (χ3n) is 3.69. The minimum Gasteiger partial charge on any atom is -0.495 e. The Bertz CT molecular complexity index is 963. The van der Waals surface area contributed by atoms with Crippen molar-refractivity contribution >= 4 is 35.1 Å². The molecule has 9 nitrogen and oxygen atoms in total. The number of aldehydes is 1. The summed E-state index contributed by atoms with van der Waals surface area (Å²) in [7, 11) is 3.01. The molecule has 0 spiro atoms. The summed E-state index contributed by atoms with van der Waals surface area (Å²) in [5.41, 5.74) is -0.911. The first-order chi connectivity index (χ1) is 13.3. The molecule has 9 heteroatoms. The molecule has 0 bridgehead atoms. The Kier molecular flexibility index (Phi) is 5.91. The third kappa shape index (κ3) is 5.04. The van der Waals surface area contributed by atoms with Gasteiger partial charge in [0.15, 0.2) is 12.1 Å². The number of fused-ring (bicyclic) bond motifs is 1. The number of nitrogens with one attached hydrogen (secondary N) is 1. The van der Waals surface area contributed by atoms with E-state index in [1.165, 1.54) is 17.9 Å². The number of rotatable bonds is 4. The van der Waals surface area contributed by atoms with Crippen LogP contribution < -0.4 is 10.1 Å². The van der Waals surface area contributed by atoms with Gasteiger partial charge in [-0.05, 0) is 47.6 Å². The van der Waals surface area contributed by atoms with E-state index in [2.05, 4.69) is 10.4 Å². The largest absolute Gasteiger partial charge is 0.495 e. The first-order valence-electron chi connectivity index (χ1n) is 9.03. The summed E-state index contributed by atoms with van der Waals surface area (Å²) in [6.45, 7) is 10.4. The second-order valence-corrected chi connectivity index (χ2v) is 8.48. The average Bonchev–Trinajstić information content (AvgIpc) is 2.85. The maximum Gasteiger partial charge on any atom is 0.413 e. The van der Waals surface area contributed by atoms with Gasteiger partial charge in [0, 0.05) is 7.05 Å². The van der Waals surface area contributed by atoms with Crippen molar-refractivity contribution in [1.82, 2.24) is 9.78 Å². The second-order valence-electron chi connectivity index (χ2n) is 8.48. The fourth-order valence-electron chi connectivity index (χ4n) is 2.72. The number of ether oxygens (including phenoxy) is 3. The van der Waals surface area contributed by atoms with Crippen molar-refractivity contribution in [2.24, 2.45) is 7.05 Å². The van der Waals surface area contributed by atoms with Crippen LogP contribution in [0.15, 0.2) is 6.07 Å². The number of nitrogens with zero attached hydrogens (tertiary/aromatic N) is 2. The highest BCUT2D eigenvalue weighted by atomic mass is 16.6. The molecule has 0 saturated carbocycles. The number of methoxy groups -OCH3 is 1. The van der Waals surface area contributed by atoms with Gasteiger partial charge >= 0.3 is 12.1 Å². The highest BCUT2D eigenvalue weighted by Crippen LogP contribution is 2.37. The predicted octanol–water partition coefficient (Wildman–Crippen LogP) is 3.70. The molecule has 2 rings (SSSR count). The van der Waals surface area contributed by atoms with Crippen LogP contribution in [0.3, 0.4) is 0 Å². The van der Waals surface area contributed by atoms with Gasteiger partial charge < -0.3 is 14.2 Å².